The Balaban J connectivity index is 1.48. The Kier molecular flexibility index (Phi) is 6.53. The van der Waals surface area contributed by atoms with E-state index in [4.69, 9.17) is 17.0 Å². The Morgan fingerprint density at radius 1 is 1.00 bits per heavy atom. The van der Waals surface area contributed by atoms with E-state index in [2.05, 4.69) is 0 Å². The summed E-state index contributed by atoms with van der Waals surface area (Å²) >= 11 is 6.25. The molecule has 0 radical (unpaired) electrons. The van der Waals surface area contributed by atoms with Gasteiger partial charge in [-0.05, 0) is 48.0 Å². The molecule has 1 aliphatic heterocycles. The number of hydrogen-bond acceptors (Lipinski definition) is 4. The monoisotopic (exact) mass is 489 g/mol. The van der Waals surface area contributed by atoms with Crippen molar-refractivity contribution in [1.29, 1.82) is 0 Å². The van der Waals surface area contributed by atoms with Gasteiger partial charge in [0, 0.05) is 5.56 Å². The molecule has 9 heteroatoms. The lowest BCUT2D eigenvalue weighted by Gasteiger charge is -2.16. The highest BCUT2D eigenvalue weighted by Crippen LogP contribution is 2.38. The Labute approximate surface area is 196 Å². The Bertz CT molecular complexity index is 1240. The number of halogens is 4. The fraction of sp³-hybridized carbons (Fsp3) is 0.0833. The molecule has 4 rings (SSSR count). The first kappa shape index (κ1) is 23.0. The van der Waals surface area contributed by atoms with Gasteiger partial charge in [0.2, 0.25) is 0 Å². The van der Waals surface area contributed by atoms with Gasteiger partial charge < -0.3 is 4.74 Å². The summed E-state index contributed by atoms with van der Waals surface area (Å²) in [5.74, 6) is -0.326. The zero-order valence-electron chi connectivity index (χ0n) is 16.8. The summed E-state index contributed by atoms with van der Waals surface area (Å²) in [6.07, 6.45) is -2.92. The van der Waals surface area contributed by atoms with E-state index in [0.717, 1.165) is 28.8 Å². The topological polar surface area (TPSA) is 29.5 Å². The molecule has 0 unspecified atom stereocenters. The minimum atomic E-state index is -4.53. The number of ether oxygens (including phenoxy) is 1. The largest absolute Gasteiger partial charge is 0.489 e. The molecule has 1 aliphatic rings. The highest BCUT2D eigenvalue weighted by molar-refractivity contribution is 8.27. The molecule has 0 atom stereocenters. The van der Waals surface area contributed by atoms with Crippen LogP contribution in [0.4, 0.5) is 23.2 Å². The van der Waals surface area contributed by atoms with Gasteiger partial charge in [0.15, 0.2) is 4.32 Å². The van der Waals surface area contributed by atoms with E-state index < -0.39 is 17.6 Å². The number of nitrogens with zero attached hydrogens (tertiary/aromatic N) is 1. The molecule has 1 saturated heterocycles. The van der Waals surface area contributed by atoms with Gasteiger partial charge in [0.05, 0.1) is 16.2 Å². The van der Waals surface area contributed by atoms with E-state index in [1.807, 2.05) is 0 Å². The summed E-state index contributed by atoms with van der Waals surface area (Å²) in [7, 11) is 0. The second kappa shape index (κ2) is 9.36. The zero-order chi connectivity index (χ0) is 23.6. The lowest BCUT2D eigenvalue weighted by atomic mass is 10.1. The van der Waals surface area contributed by atoms with Crippen LogP contribution >= 0.6 is 24.0 Å². The second-order valence-electron chi connectivity index (χ2n) is 7.01. The number of amides is 1. The highest BCUT2D eigenvalue weighted by atomic mass is 32.2. The highest BCUT2D eigenvalue weighted by Gasteiger charge is 2.36. The third-order valence-corrected chi connectivity index (χ3v) is 6.06. The van der Waals surface area contributed by atoms with E-state index >= 15 is 0 Å². The molecule has 0 spiro atoms. The van der Waals surface area contributed by atoms with Gasteiger partial charge in [0.1, 0.15) is 18.2 Å². The molecule has 168 valence electrons. The van der Waals surface area contributed by atoms with Crippen LogP contribution in [0.15, 0.2) is 77.7 Å². The van der Waals surface area contributed by atoms with Crippen LogP contribution in [0, 0.1) is 5.82 Å². The van der Waals surface area contributed by atoms with E-state index in [0.29, 0.717) is 16.9 Å². The summed E-state index contributed by atoms with van der Waals surface area (Å²) in [5, 5.41) is 0. The molecule has 1 amide bonds. The van der Waals surface area contributed by atoms with E-state index in [9.17, 15) is 22.4 Å². The number of anilines is 1. The number of benzene rings is 3. The van der Waals surface area contributed by atoms with Crippen LogP contribution in [0.5, 0.6) is 5.75 Å². The van der Waals surface area contributed by atoms with Gasteiger partial charge >= 0.3 is 6.18 Å². The molecule has 3 aromatic carbocycles. The van der Waals surface area contributed by atoms with Crippen LogP contribution < -0.4 is 9.64 Å². The molecule has 0 saturated carbocycles. The average Bonchev–Trinajstić information content (AvgIpc) is 3.06. The lowest BCUT2D eigenvalue weighted by Crippen LogP contribution is -2.27. The van der Waals surface area contributed by atoms with Gasteiger partial charge in [-0.1, -0.05) is 60.4 Å². The fourth-order valence-corrected chi connectivity index (χ4v) is 4.40. The normalized spacial score (nSPS) is 15.4. The summed E-state index contributed by atoms with van der Waals surface area (Å²) in [6, 6.07) is 17.6. The van der Waals surface area contributed by atoms with E-state index in [-0.39, 0.29) is 27.3 Å². The van der Waals surface area contributed by atoms with Crippen molar-refractivity contribution in [2.75, 3.05) is 4.90 Å². The van der Waals surface area contributed by atoms with Crippen molar-refractivity contribution in [3.8, 4) is 5.75 Å². The summed E-state index contributed by atoms with van der Waals surface area (Å²) in [5.41, 5.74) is 0.314. The first-order valence-corrected chi connectivity index (χ1v) is 10.9. The second-order valence-corrected chi connectivity index (χ2v) is 8.69. The number of carbonyl (C=O) groups excluding carboxylic acids is 1. The first-order chi connectivity index (χ1) is 15.7. The van der Waals surface area contributed by atoms with Crippen molar-refractivity contribution in [2.45, 2.75) is 12.8 Å². The van der Waals surface area contributed by atoms with Gasteiger partial charge in [-0.15, -0.1) is 0 Å². The summed E-state index contributed by atoms with van der Waals surface area (Å²) < 4.78 is 58.5. The molecule has 0 aliphatic carbocycles. The molecule has 3 aromatic rings. The Morgan fingerprint density at radius 2 is 1.73 bits per heavy atom. The van der Waals surface area contributed by atoms with Crippen molar-refractivity contribution < 1.29 is 27.1 Å². The molecule has 33 heavy (non-hydrogen) atoms. The standard InChI is InChI=1S/C24H15F4NO2S2/c25-20-7-2-1-4-16(20)14-31-19-10-8-15(9-11-19)12-21-22(30)29(23(32)33-21)18-6-3-5-17(13-18)24(26,27)28/h1-13H,14H2/b21-12+. The SMILES string of the molecule is O=C1/C(=C\c2ccc(OCc3ccccc3F)cc2)SC(=S)N1c1cccc(C(F)(F)F)c1. The van der Waals surface area contributed by atoms with Crippen LogP contribution in [-0.2, 0) is 17.6 Å². The first-order valence-electron chi connectivity index (χ1n) is 9.64. The Morgan fingerprint density at radius 3 is 2.42 bits per heavy atom. The third kappa shape index (κ3) is 5.26. The maximum Gasteiger partial charge on any atom is 0.416 e. The van der Waals surface area contributed by atoms with Crippen molar-refractivity contribution in [3.05, 3.63) is 100 Å². The average molecular weight is 490 g/mol. The molecule has 0 bridgehead atoms. The van der Waals surface area contributed by atoms with Crippen molar-refractivity contribution in [1.82, 2.24) is 0 Å². The predicted octanol–water partition coefficient (Wildman–Crippen LogP) is 6.83. The van der Waals surface area contributed by atoms with E-state index in [1.165, 1.54) is 18.2 Å². The molecular weight excluding hydrogens is 474 g/mol. The van der Waals surface area contributed by atoms with Crippen molar-refractivity contribution in [2.24, 2.45) is 0 Å². The number of rotatable bonds is 5. The maximum absolute atomic E-state index is 13.7. The van der Waals surface area contributed by atoms with Crippen molar-refractivity contribution >= 4 is 46.0 Å². The number of hydrogen-bond donors (Lipinski definition) is 0. The molecule has 0 N–H and O–H groups in total. The molecule has 1 heterocycles. The Hall–Kier alpha value is -3.17. The number of thiocarbonyl (C=S) groups is 1. The smallest absolute Gasteiger partial charge is 0.416 e. The van der Waals surface area contributed by atoms with Crippen LogP contribution in [0.3, 0.4) is 0 Å². The van der Waals surface area contributed by atoms with Crippen LogP contribution in [0.1, 0.15) is 16.7 Å². The van der Waals surface area contributed by atoms with Crippen LogP contribution in [0.25, 0.3) is 6.08 Å². The van der Waals surface area contributed by atoms with Crippen LogP contribution in [0.2, 0.25) is 0 Å². The van der Waals surface area contributed by atoms with Crippen LogP contribution in [-0.4, -0.2) is 10.2 Å². The third-order valence-electron chi connectivity index (χ3n) is 4.76. The van der Waals surface area contributed by atoms with Gasteiger partial charge in [-0.2, -0.15) is 13.2 Å². The molecule has 0 aromatic heterocycles. The lowest BCUT2D eigenvalue weighted by molar-refractivity contribution is -0.137. The maximum atomic E-state index is 13.7. The quantitative estimate of drug-likeness (QED) is 0.223. The minimum Gasteiger partial charge on any atom is -0.489 e. The number of alkyl halides is 3. The van der Waals surface area contributed by atoms with Gasteiger partial charge in [0.25, 0.3) is 5.91 Å². The zero-order valence-corrected chi connectivity index (χ0v) is 18.4. The minimum absolute atomic E-state index is 0.0626. The van der Waals surface area contributed by atoms with E-state index in [1.54, 1.807) is 48.5 Å². The predicted molar refractivity (Wildman–Crippen MR) is 124 cm³/mol. The number of thioether (sulfide) groups is 1. The van der Waals surface area contributed by atoms with Crippen molar-refractivity contribution in [3.63, 3.8) is 0 Å². The fourth-order valence-electron chi connectivity index (χ4n) is 3.10. The van der Waals surface area contributed by atoms with Gasteiger partial charge in [-0.3, -0.25) is 9.69 Å². The number of carbonyl (C=O) groups is 1. The van der Waals surface area contributed by atoms with Gasteiger partial charge in [-0.25, -0.2) is 4.39 Å². The summed E-state index contributed by atoms with van der Waals surface area (Å²) in [4.78, 5) is 14.2. The molecule has 1 fully saturated rings. The summed E-state index contributed by atoms with van der Waals surface area (Å²) in [6.45, 7) is 0.0711. The molecule has 3 nitrogen and oxygen atoms in total. The molecular formula is C24H15F4NO2S2.